The lowest BCUT2D eigenvalue weighted by molar-refractivity contribution is -0.120. The van der Waals surface area contributed by atoms with Crippen molar-refractivity contribution in [3.63, 3.8) is 0 Å². The van der Waals surface area contributed by atoms with Gasteiger partial charge in [-0.3, -0.25) is 9.36 Å². The van der Waals surface area contributed by atoms with Gasteiger partial charge in [0.1, 0.15) is 6.33 Å². The van der Waals surface area contributed by atoms with Gasteiger partial charge in [0.15, 0.2) is 5.16 Å². The predicted molar refractivity (Wildman–Crippen MR) is 119 cm³/mol. The number of hydrogen-bond acceptors (Lipinski definition) is 4. The van der Waals surface area contributed by atoms with Crippen LogP contribution in [0.1, 0.15) is 30.5 Å². The molecule has 5 nitrogen and oxygen atoms in total. The van der Waals surface area contributed by atoms with Crippen LogP contribution >= 0.6 is 23.4 Å². The summed E-state index contributed by atoms with van der Waals surface area (Å²) < 4.78 is 1.90. The molecule has 152 valence electrons. The third-order valence-corrected chi connectivity index (χ3v) is 6.00. The first-order valence-electron chi connectivity index (χ1n) is 9.40. The summed E-state index contributed by atoms with van der Waals surface area (Å²) in [5.41, 5.74) is 4.02. The fraction of sp³-hybridized carbons (Fsp3) is 0.318. The van der Waals surface area contributed by atoms with Gasteiger partial charge in [-0.15, -0.1) is 10.2 Å². The smallest absolute Gasteiger partial charge is 0.230 e. The summed E-state index contributed by atoms with van der Waals surface area (Å²) >= 11 is 7.63. The summed E-state index contributed by atoms with van der Waals surface area (Å²) in [4.78, 5) is 12.6. The molecule has 0 aliphatic heterocycles. The lowest BCUT2D eigenvalue weighted by Gasteiger charge is -2.27. The number of carbonyl (C=O) groups excluding carboxylic acids is 1. The summed E-state index contributed by atoms with van der Waals surface area (Å²) in [5.74, 6) is 0.205. The van der Waals surface area contributed by atoms with Crippen molar-refractivity contribution in [1.82, 2.24) is 20.1 Å². The minimum Gasteiger partial charge on any atom is -0.350 e. The van der Waals surface area contributed by atoms with E-state index in [4.69, 9.17) is 11.6 Å². The average Bonchev–Trinajstić information content (AvgIpc) is 3.12. The van der Waals surface area contributed by atoms with Crippen molar-refractivity contribution in [1.29, 1.82) is 0 Å². The van der Waals surface area contributed by atoms with E-state index in [0.29, 0.717) is 16.6 Å². The number of thioether (sulfide) groups is 1. The third kappa shape index (κ3) is 5.61. The highest BCUT2D eigenvalue weighted by Crippen LogP contribution is 2.23. The van der Waals surface area contributed by atoms with E-state index in [0.717, 1.165) is 11.3 Å². The van der Waals surface area contributed by atoms with Crippen molar-refractivity contribution < 1.29 is 4.79 Å². The number of aromatic nitrogens is 3. The molecule has 0 unspecified atom stereocenters. The van der Waals surface area contributed by atoms with E-state index >= 15 is 0 Å². The van der Waals surface area contributed by atoms with E-state index in [1.165, 1.54) is 22.9 Å². The van der Waals surface area contributed by atoms with Crippen molar-refractivity contribution in [3.8, 4) is 5.69 Å². The normalized spacial score (nSPS) is 11.5. The molecule has 0 aliphatic rings. The van der Waals surface area contributed by atoms with Crippen molar-refractivity contribution in [3.05, 3.63) is 70.5 Å². The van der Waals surface area contributed by atoms with Crippen molar-refractivity contribution in [2.45, 2.75) is 44.8 Å². The van der Waals surface area contributed by atoms with Crippen LogP contribution in [0.3, 0.4) is 0 Å². The van der Waals surface area contributed by atoms with Gasteiger partial charge >= 0.3 is 0 Å². The summed E-state index contributed by atoms with van der Waals surface area (Å²) in [7, 11) is 0. The van der Waals surface area contributed by atoms with Crippen LogP contribution < -0.4 is 5.32 Å². The van der Waals surface area contributed by atoms with Crippen LogP contribution in [0.25, 0.3) is 5.69 Å². The molecular weight excluding hydrogens is 404 g/mol. The van der Waals surface area contributed by atoms with Gasteiger partial charge < -0.3 is 5.32 Å². The van der Waals surface area contributed by atoms with Crippen LogP contribution in [0, 0.1) is 13.8 Å². The van der Waals surface area contributed by atoms with Gasteiger partial charge in [0.2, 0.25) is 5.91 Å². The maximum Gasteiger partial charge on any atom is 0.230 e. The van der Waals surface area contributed by atoms with Gasteiger partial charge in [-0.25, -0.2) is 0 Å². The molecule has 0 saturated carbocycles. The Labute approximate surface area is 180 Å². The fourth-order valence-electron chi connectivity index (χ4n) is 3.08. The van der Waals surface area contributed by atoms with E-state index in [9.17, 15) is 4.79 Å². The number of nitrogens with one attached hydrogen (secondary N) is 1. The van der Waals surface area contributed by atoms with Crippen molar-refractivity contribution >= 4 is 29.3 Å². The maximum absolute atomic E-state index is 12.6. The Kier molecular flexibility index (Phi) is 6.65. The summed E-state index contributed by atoms with van der Waals surface area (Å²) in [5, 5.41) is 12.7. The predicted octanol–water partition coefficient (Wildman–Crippen LogP) is 4.77. The minimum absolute atomic E-state index is 0.0540. The standard InChI is InChI=1S/C22H25ClN4OS/c1-15-9-10-18(11-16(15)2)27-14-24-26-21(27)29-13-20(28)25-22(3,4)12-17-7-5-6-8-19(17)23/h5-11,14H,12-13H2,1-4H3,(H,25,28). The lowest BCUT2D eigenvalue weighted by Crippen LogP contribution is -2.46. The Balaban J connectivity index is 1.62. The highest BCUT2D eigenvalue weighted by atomic mass is 35.5. The molecule has 29 heavy (non-hydrogen) atoms. The Bertz CT molecular complexity index is 1020. The van der Waals surface area contributed by atoms with Crippen molar-refractivity contribution in [2.75, 3.05) is 5.75 Å². The molecule has 0 fully saturated rings. The first-order chi connectivity index (χ1) is 13.7. The van der Waals surface area contributed by atoms with E-state index in [-0.39, 0.29) is 11.7 Å². The zero-order chi connectivity index (χ0) is 21.0. The molecule has 0 spiro atoms. The Morgan fingerprint density at radius 1 is 1.17 bits per heavy atom. The molecule has 0 saturated heterocycles. The number of nitrogens with zero attached hydrogens (tertiary/aromatic N) is 3. The van der Waals surface area contributed by atoms with Gasteiger partial charge in [0, 0.05) is 16.2 Å². The van der Waals surface area contributed by atoms with Gasteiger partial charge in [-0.1, -0.05) is 47.6 Å². The largest absolute Gasteiger partial charge is 0.350 e. The Hall–Kier alpha value is -2.31. The second kappa shape index (κ2) is 9.01. The molecule has 1 N–H and O–H groups in total. The molecule has 0 radical (unpaired) electrons. The van der Waals surface area contributed by atoms with Gasteiger partial charge in [0.25, 0.3) is 0 Å². The SMILES string of the molecule is Cc1ccc(-n2cnnc2SCC(=O)NC(C)(C)Cc2ccccc2Cl)cc1C. The minimum atomic E-state index is -0.412. The molecule has 7 heteroatoms. The summed E-state index contributed by atoms with van der Waals surface area (Å²) in [6.07, 6.45) is 2.33. The quantitative estimate of drug-likeness (QED) is 0.551. The molecular formula is C22H25ClN4OS. The molecule has 3 aromatic rings. The number of hydrogen-bond donors (Lipinski definition) is 1. The number of amides is 1. The number of carbonyl (C=O) groups is 1. The number of benzene rings is 2. The molecule has 0 aliphatic carbocycles. The molecule has 0 bridgehead atoms. The van der Waals surface area contributed by atoms with Crippen LogP contribution in [-0.2, 0) is 11.2 Å². The summed E-state index contributed by atoms with van der Waals surface area (Å²) in [6, 6.07) is 13.9. The topological polar surface area (TPSA) is 59.8 Å². The number of rotatable bonds is 7. The van der Waals surface area contributed by atoms with Crippen LogP contribution in [-0.4, -0.2) is 32.0 Å². The van der Waals surface area contributed by atoms with Gasteiger partial charge in [0.05, 0.1) is 5.75 Å². The number of halogens is 1. The Morgan fingerprint density at radius 2 is 1.93 bits per heavy atom. The van der Waals surface area contributed by atoms with E-state index in [1.807, 2.05) is 48.7 Å². The third-order valence-electron chi connectivity index (χ3n) is 4.69. The van der Waals surface area contributed by atoms with E-state index < -0.39 is 5.54 Å². The fourth-order valence-corrected chi connectivity index (χ4v) is 4.01. The zero-order valence-electron chi connectivity index (χ0n) is 17.1. The summed E-state index contributed by atoms with van der Waals surface area (Å²) in [6.45, 7) is 8.15. The number of aryl methyl sites for hydroxylation is 2. The zero-order valence-corrected chi connectivity index (χ0v) is 18.6. The highest BCUT2D eigenvalue weighted by molar-refractivity contribution is 7.99. The molecule has 2 aromatic carbocycles. The highest BCUT2D eigenvalue weighted by Gasteiger charge is 2.22. The van der Waals surface area contributed by atoms with Gasteiger partial charge in [-0.05, 0) is 69.0 Å². The first kappa shape index (κ1) is 21.4. The molecule has 1 heterocycles. The van der Waals surface area contributed by atoms with E-state index in [1.54, 1.807) is 6.33 Å². The molecule has 3 rings (SSSR count). The first-order valence-corrected chi connectivity index (χ1v) is 10.8. The van der Waals surface area contributed by atoms with E-state index in [2.05, 4.69) is 41.5 Å². The second-order valence-corrected chi connectivity index (χ2v) is 9.09. The molecule has 1 aromatic heterocycles. The molecule has 1 amide bonds. The van der Waals surface area contributed by atoms with Crippen LogP contribution in [0.2, 0.25) is 5.02 Å². The average molecular weight is 429 g/mol. The monoisotopic (exact) mass is 428 g/mol. The Morgan fingerprint density at radius 3 is 2.66 bits per heavy atom. The second-order valence-electron chi connectivity index (χ2n) is 7.74. The molecule has 0 atom stereocenters. The van der Waals surface area contributed by atoms with Crippen LogP contribution in [0.4, 0.5) is 0 Å². The van der Waals surface area contributed by atoms with Crippen LogP contribution in [0.15, 0.2) is 53.9 Å². The van der Waals surface area contributed by atoms with Crippen LogP contribution in [0.5, 0.6) is 0 Å². The van der Waals surface area contributed by atoms with Gasteiger partial charge in [-0.2, -0.15) is 0 Å². The maximum atomic E-state index is 12.6. The van der Waals surface area contributed by atoms with Crippen molar-refractivity contribution in [2.24, 2.45) is 0 Å². The lowest BCUT2D eigenvalue weighted by atomic mass is 9.95.